The Bertz CT molecular complexity index is 856. The van der Waals surface area contributed by atoms with Crippen LogP contribution in [0.4, 0.5) is 0 Å². The first-order valence-corrected chi connectivity index (χ1v) is 10.1. The van der Waals surface area contributed by atoms with E-state index < -0.39 is 0 Å². The second-order valence-electron chi connectivity index (χ2n) is 8.25. The molecule has 0 bridgehead atoms. The fourth-order valence-corrected chi connectivity index (χ4v) is 4.86. The third-order valence-electron chi connectivity index (χ3n) is 6.54. The molecule has 1 aromatic heterocycles. The van der Waals surface area contributed by atoms with Crippen LogP contribution in [0.3, 0.4) is 0 Å². The van der Waals surface area contributed by atoms with Crippen molar-refractivity contribution in [2.75, 3.05) is 6.54 Å². The number of hydrogen-bond donors (Lipinski definition) is 1. The summed E-state index contributed by atoms with van der Waals surface area (Å²) >= 11 is 0. The molecule has 0 radical (unpaired) electrons. The number of nitrogens with zero attached hydrogens (tertiary/aromatic N) is 3. The Hall–Kier alpha value is -2.63. The first-order chi connectivity index (χ1) is 13.5. The third-order valence-corrected chi connectivity index (χ3v) is 6.54. The number of piperidine rings is 1. The molecule has 6 heteroatoms. The van der Waals surface area contributed by atoms with Crippen LogP contribution in [0, 0.1) is 12.3 Å². The highest BCUT2D eigenvalue weighted by atomic mass is 16.2. The highest BCUT2D eigenvalue weighted by molar-refractivity contribution is 5.92. The highest BCUT2D eigenvalue weighted by Crippen LogP contribution is 2.48. The molecule has 28 heavy (non-hydrogen) atoms. The van der Waals surface area contributed by atoms with E-state index in [9.17, 15) is 9.59 Å². The number of nitrogens with one attached hydrogen (secondary N) is 1. The van der Waals surface area contributed by atoms with Crippen LogP contribution in [0.15, 0.2) is 36.4 Å². The third kappa shape index (κ3) is 3.43. The lowest BCUT2D eigenvalue weighted by Gasteiger charge is -2.46. The van der Waals surface area contributed by atoms with Crippen LogP contribution >= 0.6 is 0 Å². The van der Waals surface area contributed by atoms with E-state index >= 15 is 0 Å². The Kier molecular flexibility index (Phi) is 4.96. The van der Waals surface area contributed by atoms with Gasteiger partial charge in [0.1, 0.15) is 5.69 Å². The van der Waals surface area contributed by atoms with Crippen LogP contribution < -0.4 is 5.32 Å². The van der Waals surface area contributed by atoms with Crippen LogP contribution in [-0.2, 0) is 18.4 Å². The second-order valence-corrected chi connectivity index (χ2v) is 8.25. The maximum Gasteiger partial charge on any atom is 0.271 e. The average molecular weight is 380 g/mol. The van der Waals surface area contributed by atoms with Crippen LogP contribution in [0.25, 0.3) is 0 Å². The van der Waals surface area contributed by atoms with Gasteiger partial charge in [0.2, 0.25) is 5.91 Å². The molecule has 1 aromatic carbocycles. The summed E-state index contributed by atoms with van der Waals surface area (Å²) in [6.45, 7) is 3.19. The van der Waals surface area contributed by atoms with Gasteiger partial charge in [-0.15, -0.1) is 0 Å². The van der Waals surface area contributed by atoms with Gasteiger partial charge in [-0.25, -0.2) is 0 Å². The summed E-state index contributed by atoms with van der Waals surface area (Å²) in [5, 5.41) is 7.40. The van der Waals surface area contributed by atoms with Gasteiger partial charge in [0.15, 0.2) is 0 Å². The van der Waals surface area contributed by atoms with Gasteiger partial charge >= 0.3 is 0 Å². The van der Waals surface area contributed by atoms with Crippen molar-refractivity contribution in [3.63, 3.8) is 0 Å². The number of aryl methyl sites for hydroxylation is 2. The lowest BCUT2D eigenvalue weighted by atomic mass is 9.74. The molecule has 0 unspecified atom stereocenters. The summed E-state index contributed by atoms with van der Waals surface area (Å²) in [5.74, 6) is 0.105. The fraction of sp³-hybridized carbons (Fsp3) is 0.500. The number of hydrogen-bond acceptors (Lipinski definition) is 3. The van der Waals surface area contributed by atoms with E-state index in [-0.39, 0.29) is 23.3 Å². The molecule has 2 atom stereocenters. The second kappa shape index (κ2) is 7.41. The van der Waals surface area contributed by atoms with Crippen LogP contribution in [0.2, 0.25) is 0 Å². The Morgan fingerprint density at radius 1 is 1.29 bits per heavy atom. The van der Waals surface area contributed by atoms with Gasteiger partial charge in [-0.3, -0.25) is 14.3 Å². The number of amides is 2. The number of carbonyl (C=O) groups is 2. The molecule has 1 aliphatic carbocycles. The number of benzene rings is 1. The van der Waals surface area contributed by atoms with Crippen LogP contribution in [0.5, 0.6) is 0 Å². The molecular weight excluding hydrogens is 352 g/mol. The molecular formula is C22H28N4O2. The number of carbonyl (C=O) groups excluding carboxylic acids is 2. The van der Waals surface area contributed by atoms with Gasteiger partial charge < -0.3 is 10.2 Å². The fourth-order valence-electron chi connectivity index (χ4n) is 4.86. The van der Waals surface area contributed by atoms with Crippen molar-refractivity contribution in [3.05, 3.63) is 53.3 Å². The van der Waals surface area contributed by atoms with Crippen molar-refractivity contribution in [1.29, 1.82) is 0 Å². The van der Waals surface area contributed by atoms with E-state index in [4.69, 9.17) is 0 Å². The predicted molar refractivity (Wildman–Crippen MR) is 107 cm³/mol. The van der Waals surface area contributed by atoms with Crippen LogP contribution in [-0.4, -0.2) is 39.1 Å². The summed E-state index contributed by atoms with van der Waals surface area (Å²) in [6, 6.07) is 12.2. The summed E-state index contributed by atoms with van der Waals surface area (Å²) < 4.78 is 1.71. The molecule has 148 valence electrons. The number of fused-ring (bicyclic) bond motifs is 1. The van der Waals surface area contributed by atoms with Gasteiger partial charge in [0, 0.05) is 43.7 Å². The molecule has 6 nitrogen and oxygen atoms in total. The molecule has 2 fully saturated rings. The molecule has 2 aliphatic rings. The number of rotatable bonds is 5. The Morgan fingerprint density at radius 2 is 2.07 bits per heavy atom. The topological polar surface area (TPSA) is 67.2 Å². The zero-order valence-electron chi connectivity index (χ0n) is 16.6. The Balaban J connectivity index is 1.49. The SMILES string of the molecule is Cc1cc(C(=O)NC[C@@]23CCC[C@H]2N(Cc2ccccc2)C(=O)CC3)nn1C. The summed E-state index contributed by atoms with van der Waals surface area (Å²) in [4.78, 5) is 27.4. The quantitative estimate of drug-likeness (QED) is 0.867. The molecule has 2 heterocycles. The monoisotopic (exact) mass is 380 g/mol. The first-order valence-electron chi connectivity index (χ1n) is 10.1. The van der Waals surface area contributed by atoms with E-state index in [0.717, 1.165) is 36.9 Å². The number of aromatic nitrogens is 2. The lowest BCUT2D eigenvalue weighted by Crippen LogP contribution is -2.55. The average Bonchev–Trinajstić information content (AvgIpc) is 3.27. The van der Waals surface area contributed by atoms with Gasteiger partial charge in [-0.05, 0) is 37.8 Å². The summed E-state index contributed by atoms with van der Waals surface area (Å²) in [7, 11) is 1.84. The van der Waals surface area contributed by atoms with Gasteiger partial charge in [-0.2, -0.15) is 5.10 Å². The summed E-state index contributed by atoms with van der Waals surface area (Å²) in [5.41, 5.74) is 2.55. The maximum absolute atomic E-state index is 12.7. The minimum atomic E-state index is -0.129. The Morgan fingerprint density at radius 3 is 2.79 bits per heavy atom. The predicted octanol–water partition coefficient (Wildman–Crippen LogP) is 2.82. The molecule has 1 N–H and O–H groups in total. The van der Waals surface area contributed by atoms with E-state index in [0.29, 0.717) is 25.2 Å². The van der Waals surface area contributed by atoms with E-state index in [1.807, 2.05) is 38.2 Å². The zero-order valence-corrected chi connectivity index (χ0v) is 16.6. The molecule has 4 rings (SSSR count). The molecule has 0 spiro atoms. The van der Waals surface area contributed by atoms with Gasteiger partial charge in [0.05, 0.1) is 0 Å². The number of likely N-dealkylation sites (tertiary alicyclic amines) is 1. The van der Waals surface area contributed by atoms with Crippen LogP contribution in [0.1, 0.15) is 53.8 Å². The minimum Gasteiger partial charge on any atom is -0.350 e. The largest absolute Gasteiger partial charge is 0.350 e. The van der Waals surface area contributed by atoms with Crippen molar-refractivity contribution < 1.29 is 9.59 Å². The van der Waals surface area contributed by atoms with E-state index in [2.05, 4.69) is 27.4 Å². The molecule has 1 saturated heterocycles. The van der Waals surface area contributed by atoms with Crippen molar-refractivity contribution >= 4 is 11.8 Å². The normalized spacial score (nSPS) is 24.3. The molecule has 1 aliphatic heterocycles. The zero-order chi connectivity index (χ0) is 19.7. The molecule has 2 amide bonds. The first kappa shape index (κ1) is 18.7. The maximum atomic E-state index is 12.7. The van der Waals surface area contributed by atoms with Crippen molar-refractivity contribution in [1.82, 2.24) is 20.0 Å². The Labute approximate surface area is 165 Å². The highest BCUT2D eigenvalue weighted by Gasteiger charge is 2.50. The van der Waals surface area contributed by atoms with Crippen molar-refractivity contribution in [3.8, 4) is 0 Å². The van der Waals surface area contributed by atoms with Gasteiger partial charge in [0.25, 0.3) is 5.91 Å². The van der Waals surface area contributed by atoms with Gasteiger partial charge in [-0.1, -0.05) is 36.8 Å². The molecule has 1 saturated carbocycles. The lowest BCUT2D eigenvalue weighted by molar-refractivity contribution is -0.142. The van der Waals surface area contributed by atoms with Crippen molar-refractivity contribution in [2.24, 2.45) is 12.5 Å². The smallest absolute Gasteiger partial charge is 0.271 e. The minimum absolute atomic E-state index is 0.0256. The summed E-state index contributed by atoms with van der Waals surface area (Å²) in [6.07, 6.45) is 4.57. The standard InChI is InChI=1S/C22H28N4O2/c1-16-13-18(24-25(16)2)21(28)23-15-22-11-6-9-19(22)26(20(27)10-12-22)14-17-7-4-3-5-8-17/h3-5,7-8,13,19H,6,9-12,14-15H2,1-2H3,(H,23,28)/t19-,22+/m1/s1. The van der Waals surface area contributed by atoms with E-state index in [1.54, 1.807) is 4.68 Å². The van der Waals surface area contributed by atoms with E-state index in [1.165, 1.54) is 0 Å². The van der Waals surface area contributed by atoms with Crippen molar-refractivity contribution in [2.45, 2.75) is 51.6 Å². The molecule has 2 aromatic rings.